The van der Waals surface area contributed by atoms with Gasteiger partial charge in [-0.1, -0.05) is 71.8 Å². The molecule has 2 heterocycles. The number of nitrogens with zero attached hydrogens (tertiary/aromatic N) is 2. The van der Waals surface area contributed by atoms with E-state index in [1.165, 1.54) is 21.3 Å². The van der Waals surface area contributed by atoms with Gasteiger partial charge in [0.15, 0.2) is 0 Å². The Hall–Kier alpha value is -3.56. The van der Waals surface area contributed by atoms with E-state index in [1.54, 1.807) is 32.2 Å². The monoisotopic (exact) mass is 760 g/mol. The smallest absolute Gasteiger partial charge is 0.315 e. The van der Waals surface area contributed by atoms with Gasteiger partial charge in [-0.25, -0.2) is 13.2 Å². The van der Waals surface area contributed by atoms with Crippen molar-refractivity contribution >= 4 is 50.9 Å². The zero-order chi connectivity index (χ0) is 38.9. The summed E-state index contributed by atoms with van der Waals surface area (Å²) >= 11 is 1.11. The van der Waals surface area contributed by atoms with Crippen molar-refractivity contribution in [1.82, 2.24) is 30.5 Å². The average Bonchev–Trinajstić information content (AvgIpc) is 3.73. The van der Waals surface area contributed by atoms with Gasteiger partial charge in [-0.05, 0) is 67.2 Å². The number of piperidine rings is 1. The van der Waals surface area contributed by atoms with Crippen LogP contribution < -0.4 is 21.3 Å². The van der Waals surface area contributed by atoms with Crippen LogP contribution in [0.1, 0.15) is 74.7 Å². The highest BCUT2D eigenvalue weighted by atomic mass is 32.2. The lowest BCUT2D eigenvalue weighted by Gasteiger charge is -2.38. The topological polar surface area (TPSA) is 174 Å². The highest BCUT2D eigenvalue weighted by Crippen LogP contribution is 2.65. The second-order valence-corrected chi connectivity index (χ2v) is 19.5. The van der Waals surface area contributed by atoms with Crippen LogP contribution >= 0.6 is 11.3 Å². The summed E-state index contributed by atoms with van der Waals surface area (Å²) in [5.74, 6) is -2.38. The van der Waals surface area contributed by atoms with E-state index in [1.807, 2.05) is 34.6 Å². The van der Waals surface area contributed by atoms with Crippen molar-refractivity contribution in [3.05, 3.63) is 42.3 Å². The standard InChI is InChI=1S/C37H56N6O7S2/c1-11-16-38-33(46)30(44)25(18-23-14-15-23)39-32(45)29-28-24(37(28,9)10)19-42(29)34(47)31(36(6,7)8)41-35(48)40-26(21(2)3)20-43(22(4)5)52(49,50)27-13-12-17-51-27/h11-13,17,22-26,28-29,31H,1-2,14-16,18-20H2,3-10H3,(H,38,46)(H,39,45)(H2,40,41,48)/t24-,25?,26+,28-,29-,31+/m0/s1. The molecule has 3 fully saturated rings. The molecule has 1 aliphatic heterocycles. The minimum atomic E-state index is -3.85. The van der Waals surface area contributed by atoms with Crippen molar-refractivity contribution < 1.29 is 32.4 Å². The number of ketones is 1. The Bertz CT molecular complexity index is 1660. The van der Waals surface area contributed by atoms with E-state index in [4.69, 9.17) is 0 Å². The van der Waals surface area contributed by atoms with Gasteiger partial charge in [0.05, 0.1) is 12.1 Å². The van der Waals surface area contributed by atoms with Crippen LogP contribution in [0, 0.1) is 28.6 Å². The van der Waals surface area contributed by atoms with Crippen LogP contribution in [0.2, 0.25) is 0 Å². The van der Waals surface area contributed by atoms with E-state index in [-0.39, 0.29) is 40.5 Å². The van der Waals surface area contributed by atoms with Crippen molar-refractivity contribution in [2.24, 2.45) is 28.6 Å². The van der Waals surface area contributed by atoms with Crippen molar-refractivity contribution in [3.8, 4) is 0 Å². The Morgan fingerprint density at radius 1 is 1.10 bits per heavy atom. The van der Waals surface area contributed by atoms with Gasteiger partial charge < -0.3 is 26.2 Å². The Balaban J connectivity index is 1.53. The van der Waals surface area contributed by atoms with Crippen molar-refractivity contribution in [2.45, 2.75) is 109 Å². The number of urea groups is 1. The summed E-state index contributed by atoms with van der Waals surface area (Å²) in [6.45, 7) is 22.6. The lowest BCUT2D eigenvalue weighted by Crippen LogP contribution is -2.62. The van der Waals surface area contributed by atoms with Crippen LogP contribution in [0.5, 0.6) is 0 Å². The first-order chi connectivity index (χ1) is 24.1. The summed E-state index contributed by atoms with van der Waals surface area (Å²) in [5, 5.41) is 12.7. The molecule has 0 radical (unpaired) electrons. The molecular formula is C37H56N6O7S2. The van der Waals surface area contributed by atoms with Gasteiger partial charge in [-0.2, -0.15) is 4.31 Å². The Morgan fingerprint density at radius 2 is 1.75 bits per heavy atom. The Labute approximate surface area is 312 Å². The number of thiophene rings is 1. The van der Waals surface area contributed by atoms with Crippen molar-refractivity contribution in [1.29, 1.82) is 0 Å². The van der Waals surface area contributed by atoms with Gasteiger partial charge in [0.2, 0.25) is 17.6 Å². The number of nitrogens with one attached hydrogen (secondary N) is 4. The summed E-state index contributed by atoms with van der Waals surface area (Å²) in [7, 11) is -3.85. The normalized spacial score (nSPS) is 22.5. The number of likely N-dealkylation sites (tertiary alicyclic amines) is 1. The maximum Gasteiger partial charge on any atom is 0.315 e. The van der Waals surface area contributed by atoms with Gasteiger partial charge in [-0.15, -0.1) is 17.9 Å². The molecule has 5 amide bonds. The summed E-state index contributed by atoms with van der Waals surface area (Å²) in [4.78, 5) is 69.5. The quantitative estimate of drug-likeness (QED) is 0.139. The predicted molar refractivity (Wildman–Crippen MR) is 201 cm³/mol. The number of fused-ring (bicyclic) bond motifs is 1. The molecule has 0 aromatic carbocycles. The van der Waals surface area contributed by atoms with Crippen molar-refractivity contribution in [3.63, 3.8) is 0 Å². The van der Waals surface area contributed by atoms with E-state index >= 15 is 0 Å². The van der Waals surface area contributed by atoms with E-state index in [9.17, 15) is 32.4 Å². The Morgan fingerprint density at radius 3 is 2.27 bits per heavy atom. The maximum atomic E-state index is 14.5. The molecule has 2 saturated carbocycles. The molecule has 3 aliphatic rings. The summed E-state index contributed by atoms with van der Waals surface area (Å²) in [6.07, 6.45) is 3.62. The van der Waals surface area contributed by atoms with Crippen LogP contribution in [-0.2, 0) is 29.2 Å². The maximum absolute atomic E-state index is 14.5. The number of hydrogen-bond acceptors (Lipinski definition) is 8. The van der Waals surface area contributed by atoms with Gasteiger partial charge in [-0.3, -0.25) is 19.2 Å². The minimum absolute atomic E-state index is 0.0372. The molecular weight excluding hydrogens is 705 g/mol. The van der Waals surface area contributed by atoms with E-state index in [0.717, 1.165) is 24.2 Å². The molecule has 52 heavy (non-hydrogen) atoms. The fourth-order valence-corrected chi connectivity index (χ4v) is 9.93. The van der Waals surface area contributed by atoms with Crippen LogP contribution in [0.4, 0.5) is 4.79 Å². The van der Waals surface area contributed by atoms with Gasteiger partial charge in [0.25, 0.3) is 15.9 Å². The first-order valence-electron chi connectivity index (χ1n) is 17.9. The first-order valence-corrected chi connectivity index (χ1v) is 20.3. The van der Waals surface area contributed by atoms with Crippen LogP contribution in [0.25, 0.3) is 0 Å². The van der Waals surface area contributed by atoms with E-state index < -0.39 is 75.2 Å². The molecule has 1 aromatic rings. The Kier molecular flexibility index (Phi) is 12.5. The third-order valence-corrected chi connectivity index (χ3v) is 14.0. The molecule has 13 nitrogen and oxygen atoms in total. The van der Waals surface area contributed by atoms with E-state index in [0.29, 0.717) is 18.5 Å². The lowest BCUT2D eigenvalue weighted by atomic mass is 9.85. The largest absolute Gasteiger partial charge is 0.346 e. The summed E-state index contributed by atoms with van der Waals surface area (Å²) in [6, 6.07) is -1.70. The first kappa shape index (κ1) is 41.2. The van der Waals surface area contributed by atoms with E-state index in [2.05, 4.69) is 34.4 Å². The molecule has 2 aliphatic carbocycles. The second kappa shape index (κ2) is 15.8. The van der Waals surface area contributed by atoms with Crippen molar-refractivity contribution in [2.75, 3.05) is 19.6 Å². The molecule has 1 unspecified atom stereocenters. The fourth-order valence-electron chi connectivity index (χ4n) is 7.16. The third kappa shape index (κ3) is 9.14. The van der Waals surface area contributed by atoms with Crippen LogP contribution in [-0.4, -0.2) is 97.0 Å². The molecule has 4 N–H and O–H groups in total. The molecule has 0 bridgehead atoms. The number of Topliss-reactive ketones (excluding diaryl/α,β-unsaturated/α-hetero) is 1. The predicted octanol–water partition coefficient (Wildman–Crippen LogP) is 3.45. The van der Waals surface area contributed by atoms with Gasteiger partial charge in [0, 0.05) is 25.7 Å². The summed E-state index contributed by atoms with van der Waals surface area (Å²) < 4.78 is 28.5. The second-order valence-electron chi connectivity index (χ2n) is 16.4. The van der Waals surface area contributed by atoms with Gasteiger partial charge in [0.1, 0.15) is 16.3 Å². The number of hydrogen-bond donors (Lipinski definition) is 4. The number of amides is 5. The zero-order valence-electron chi connectivity index (χ0n) is 31.7. The zero-order valence-corrected chi connectivity index (χ0v) is 33.3. The molecule has 4 rings (SSSR count). The fraction of sp³-hybridized carbons (Fsp3) is 0.649. The number of carbonyl (C=O) groups is 5. The average molecular weight is 761 g/mol. The van der Waals surface area contributed by atoms with Gasteiger partial charge >= 0.3 is 6.03 Å². The summed E-state index contributed by atoms with van der Waals surface area (Å²) in [5.41, 5.74) is -0.497. The number of rotatable bonds is 17. The van der Waals surface area contributed by atoms with Crippen LogP contribution in [0.3, 0.4) is 0 Å². The van der Waals surface area contributed by atoms with Crippen LogP contribution in [0.15, 0.2) is 46.5 Å². The third-order valence-electron chi connectivity index (χ3n) is 10.6. The molecule has 6 atom stereocenters. The highest BCUT2D eigenvalue weighted by molar-refractivity contribution is 7.91. The molecule has 1 saturated heterocycles. The molecule has 288 valence electrons. The molecule has 0 spiro atoms. The SMILES string of the molecule is C=CCNC(=O)C(=O)C(CC1CC1)NC(=O)[C@@H]1[C@@H]2[C@H](CN1C(=O)[C@@H](NC(=O)N[C@H](CN(C(C)C)S(=O)(=O)c1cccs1)C(=C)C)C(C)(C)C)C2(C)C. The molecule has 1 aromatic heterocycles. The number of sulfonamides is 1. The highest BCUT2D eigenvalue weighted by Gasteiger charge is 2.70. The lowest BCUT2D eigenvalue weighted by molar-refractivity contribution is -0.145. The molecule has 15 heteroatoms. The minimum Gasteiger partial charge on any atom is -0.346 e. The number of carbonyl (C=O) groups excluding carboxylic acids is 5.